The summed E-state index contributed by atoms with van der Waals surface area (Å²) >= 11 is 0. The Hall–Kier alpha value is -1.71. The molecular weight excluding hydrogens is 277 g/mol. The fraction of sp³-hybridized carbons (Fsp3) is 0.368. The maximum Gasteiger partial charge on any atom is 0.123 e. The molecule has 0 saturated heterocycles. The van der Waals surface area contributed by atoms with Crippen molar-refractivity contribution in [2.24, 2.45) is 0 Å². The first-order chi connectivity index (χ1) is 10.4. The predicted molar refractivity (Wildman–Crippen MR) is 88.2 cm³/mol. The molecule has 2 N–H and O–H groups in total. The first-order valence-corrected chi connectivity index (χ1v) is 7.60. The molecule has 0 aliphatic carbocycles. The third kappa shape index (κ3) is 4.65. The van der Waals surface area contributed by atoms with Gasteiger partial charge in [0.25, 0.3) is 0 Å². The molecule has 0 radical (unpaired) electrons. The van der Waals surface area contributed by atoms with Crippen LogP contribution in [0.4, 0.5) is 4.39 Å². The van der Waals surface area contributed by atoms with Crippen molar-refractivity contribution < 1.29 is 9.50 Å². The van der Waals surface area contributed by atoms with E-state index in [1.807, 2.05) is 0 Å². The second-order valence-corrected chi connectivity index (χ2v) is 6.65. The van der Waals surface area contributed by atoms with Crippen molar-refractivity contribution in [3.8, 4) is 0 Å². The number of hydrogen-bond donors (Lipinski definition) is 2. The van der Waals surface area contributed by atoms with E-state index in [0.29, 0.717) is 13.1 Å². The summed E-state index contributed by atoms with van der Waals surface area (Å²) < 4.78 is 12.8. The molecule has 0 spiro atoms. The van der Waals surface area contributed by atoms with Crippen molar-refractivity contribution in [3.05, 3.63) is 71.0 Å². The number of nitrogens with one attached hydrogen (secondary N) is 1. The van der Waals surface area contributed by atoms with E-state index >= 15 is 0 Å². The third-order valence-electron chi connectivity index (χ3n) is 3.74. The molecule has 1 atom stereocenters. The summed E-state index contributed by atoms with van der Waals surface area (Å²) in [5.41, 5.74) is 3.36. The molecule has 0 fully saturated rings. The lowest BCUT2D eigenvalue weighted by Gasteiger charge is -2.19. The second kappa shape index (κ2) is 7.03. The van der Waals surface area contributed by atoms with Crippen LogP contribution in [0.2, 0.25) is 0 Å². The van der Waals surface area contributed by atoms with E-state index in [0.717, 1.165) is 5.56 Å². The van der Waals surface area contributed by atoms with Crippen molar-refractivity contribution in [3.63, 3.8) is 0 Å². The Balaban J connectivity index is 1.84. The Morgan fingerprint density at radius 3 is 2.14 bits per heavy atom. The highest BCUT2D eigenvalue weighted by atomic mass is 19.1. The molecule has 0 heterocycles. The van der Waals surface area contributed by atoms with E-state index in [1.165, 1.54) is 23.3 Å². The molecule has 0 bridgehead atoms. The number of aliphatic hydroxyl groups is 1. The van der Waals surface area contributed by atoms with Crippen LogP contribution in [-0.2, 0) is 12.0 Å². The van der Waals surface area contributed by atoms with Gasteiger partial charge in [-0.1, -0.05) is 57.2 Å². The first kappa shape index (κ1) is 16.7. The Morgan fingerprint density at radius 2 is 1.59 bits per heavy atom. The molecule has 0 aromatic heterocycles. The van der Waals surface area contributed by atoms with Gasteiger partial charge in [0.05, 0.1) is 6.10 Å². The largest absolute Gasteiger partial charge is 0.387 e. The van der Waals surface area contributed by atoms with Crippen LogP contribution in [0.15, 0.2) is 48.5 Å². The molecule has 118 valence electrons. The molecule has 22 heavy (non-hydrogen) atoms. The molecule has 0 amide bonds. The summed E-state index contributed by atoms with van der Waals surface area (Å²) in [7, 11) is 0. The van der Waals surface area contributed by atoms with Crippen LogP contribution >= 0.6 is 0 Å². The van der Waals surface area contributed by atoms with Crippen LogP contribution in [0.5, 0.6) is 0 Å². The van der Waals surface area contributed by atoms with Crippen LogP contribution in [-0.4, -0.2) is 11.7 Å². The van der Waals surface area contributed by atoms with Gasteiger partial charge in [-0.15, -0.1) is 0 Å². The van der Waals surface area contributed by atoms with Crippen molar-refractivity contribution in [1.82, 2.24) is 5.32 Å². The highest BCUT2D eigenvalue weighted by Crippen LogP contribution is 2.22. The standard InChI is InChI=1S/C19H24FNO/c1-19(2,3)16-8-4-14(5-9-16)12-21-13-18(22)15-6-10-17(20)11-7-15/h4-11,18,21-22H,12-13H2,1-3H3. The molecule has 2 nitrogen and oxygen atoms in total. The van der Waals surface area contributed by atoms with Gasteiger partial charge in [0.15, 0.2) is 0 Å². The highest BCUT2D eigenvalue weighted by Gasteiger charge is 2.12. The highest BCUT2D eigenvalue weighted by molar-refractivity contribution is 5.27. The minimum absolute atomic E-state index is 0.157. The zero-order chi connectivity index (χ0) is 16.2. The van der Waals surface area contributed by atoms with E-state index in [-0.39, 0.29) is 11.2 Å². The lowest BCUT2D eigenvalue weighted by Crippen LogP contribution is -2.21. The summed E-state index contributed by atoms with van der Waals surface area (Å²) in [5.74, 6) is -0.289. The van der Waals surface area contributed by atoms with E-state index < -0.39 is 6.10 Å². The topological polar surface area (TPSA) is 32.3 Å². The molecule has 2 aromatic rings. The average Bonchev–Trinajstić information content (AvgIpc) is 2.47. The van der Waals surface area contributed by atoms with Crippen LogP contribution < -0.4 is 5.32 Å². The second-order valence-electron chi connectivity index (χ2n) is 6.65. The number of rotatable bonds is 5. The summed E-state index contributed by atoms with van der Waals surface area (Å²) in [5, 5.41) is 13.3. The zero-order valence-corrected chi connectivity index (χ0v) is 13.4. The minimum atomic E-state index is -0.630. The lowest BCUT2D eigenvalue weighted by atomic mass is 9.87. The molecule has 3 heteroatoms. The summed E-state index contributed by atoms with van der Waals surface area (Å²) in [6, 6.07) is 14.5. The Bertz CT molecular complexity index is 584. The van der Waals surface area contributed by atoms with Crippen molar-refractivity contribution in [2.45, 2.75) is 38.8 Å². The third-order valence-corrected chi connectivity index (χ3v) is 3.74. The van der Waals surface area contributed by atoms with E-state index in [4.69, 9.17) is 0 Å². The van der Waals surface area contributed by atoms with Crippen molar-refractivity contribution >= 4 is 0 Å². The summed E-state index contributed by atoms with van der Waals surface area (Å²) in [4.78, 5) is 0. The quantitative estimate of drug-likeness (QED) is 0.876. The number of hydrogen-bond acceptors (Lipinski definition) is 2. The minimum Gasteiger partial charge on any atom is -0.387 e. The van der Waals surface area contributed by atoms with Crippen molar-refractivity contribution in [2.75, 3.05) is 6.54 Å². The van der Waals surface area contributed by atoms with Gasteiger partial charge >= 0.3 is 0 Å². The lowest BCUT2D eigenvalue weighted by molar-refractivity contribution is 0.174. The van der Waals surface area contributed by atoms with Gasteiger partial charge in [-0.3, -0.25) is 0 Å². The molecule has 0 aliphatic rings. The van der Waals surface area contributed by atoms with Gasteiger partial charge < -0.3 is 10.4 Å². The smallest absolute Gasteiger partial charge is 0.123 e. The molecular formula is C19H24FNO. The van der Waals surface area contributed by atoms with Crippen molar-refractivity contribution in [1.29, 1.82) is 0 Å². The molecule has 2 aromatic carbocycles. The van der Waals surface area contributed by atoms with Crippen LogP contribution in [0.3, 0.4) is 0 Å². The maximum atomic E-state index is 12.8. The average molecular weight is 301 g/mol. The zero-order valence-electron chi connectivity index (χ0n) is 13.4. The number of benzene rings is 2. The van der Waals surface area contributed by atoms with Crippen LogP contribution in [0, 0.1) is 5.82 Å². The Kier molecular flexibility index (Phi) is 5.33. The monoisotopic (exact) mass is 301 g/mol. The summed E-state index contributed by atoms with van der Waals surface area (Å²) in [6.07, 6.45) is -0.630. The van der Waals surface area contributed by atoms with E-state index in [1.54, 1.807) is 12.1 Å². The first-order valence-electron chi connectivity index (χ1n) is 7.60. The molecule has 2 rings (SSSR count). The fourth-order valence-electron chi connectivity index (χ4n) is 2.28. The predicted octanol–water partition coefficient (Wildman–Crippen LogP) is 3.95. The fourth-order valence-corrected chi connectivity index (χ4v) is 2.28. The van der Waals surface area contributed by atoms with Gasteiger partial charge in [0.2, 0.25) is 0 Å². The van der Waals surface area contributed by atoms with Crippen LogP contribution in [0.25, 0.3) is 0 Å². The molecule has 0 saturated carbocycles. The van der Waals surface area contributed by atoms with E-state index in [2.05, 4.69) is 50.4 Å². The van der Waals surface area contributed by atoms with Gasteiger partial charge in [-0.05, 0) is 34.2 Å². The normalized spacial score (nSPS) is 13.1. The molecule has 1 unspecified atom stereocenters. The van der Waals surface area contributed by atoms with Crippen LogP contribution in [0.1, 0.15) is 43.6 Å². The SMILES string of the molecule is CC(C)(C)c1ccc(CNCC(O)c2ccc(F)cc2)cc1. The Labute approximate surface area is 132 Å². The van der Waals surface area contributed by atoms with E-state index in [9.17, 15) is 9.50 Å². The van der Waals surface area contributed by atoms with Gasteiger partial charge in [-0.2, -0.15) is 0 Å². The van der Waals surface area contributed by atoms with Gasteiger partial charge in [0, 0.05) is 13.1 Å². The maximum absolute atomic E-state index is 12.8. The number of halogens is 1. The summed E-state index contributed by atoms with van der Waals surface area (Å²) in [6.45, 7) is 7.72. The van der Waals surface area contributed by atoms with Gasteiger partial charge in [-0.25, -0.2) is 4.39 Å². The number of aliphatic hydroxyl groups excluding tert-OH is 1. The van der Waals surface area contributed by atoms with Gasteiger partial charge in [0.1, 0.15) is 5.82 Å². The molecule has 0 aliphatic heterocycles. The Morgan fingerprint density at radius 1 is 1.00 bits per heavy atom.